The number of hydrogen-bond donors (Lipinski definition) is 0. The Morgan fingerprint density at radius 2 is 1.69 bits per heavy atom. The van der Waals surface area contributed by atoms with Crippen LogP contribution in [0.3, 0.4) is 0 Å². The van der Waals surface area contributed by atoms with Gasteiger partial charge < -0.3 is 37.4 Å². The van der Waals surface area contributed by atoms with Crippen LogP contribution >= 0.6 is 0 Å². The summed E-state index contributed by atoms with van der Waals surface area (Å²) in [6, 6.07) is 0. The molecular formula is C22H39N3O9Si2. The second-order valence-corrected chi connectivity index (χ2v) is 19.4. The Balaban J connectivity index is 2.07. The fourth-order valence-electron chi connectivity index (χ4n) is 5.11. The van der Waals surface area contributed by atoms with Gasteiger partial charge in [0.25, 0.3) is 6.29 Å². The number of rotatable bonds is 8. The topological polar surface area (TPSA) is 133 Å². The molecule has 1 aromatic heterocycles. The molecule has 2 fully saturated rings. The normalized spacial score (nSPS) is 27.7. The first-order valence-electron chi connectivity index (χ1n) is 12.4. The highest BCUT2D eigenvalue weighted by Crippen LogP contribution is 2.47. The second kappa shape index (κ2) is 10.9. The third-order valence-corrected chi connectivity index (χ3v) is 17.1. The molecule has 0 unspecified atom stereocenters. The lowest BCUT2D eigenvalue weighted by Crippen LogP contribution is -2.66. The van der Waals surface area contributed by atoms with Crippen LogP contribution in [0.25, 0.3) is 0 Å². The first kappa shape index (κ1) is 28.7. The highest BCUT2D eigenvalue weighted by atomic mass is 28.5. The molecule has 2 saturated heterocycles. The minimum Gasteiger partial charge on any atom is -0.453 e. The Hall–Kier alpha value is -1.85. The number of fused-ring (bicyclic) bond motifs is 1. The molecule has 0 saturated carbocycles. The summed E-state index contributed by atoms with van der Waals surface area (Å²) in [6.07, 6.45) is -1.03. The van der Waals surface area contributed by atoms with Crippen molar-refractivity contribution in [3.63, 3.8) is 0 Å². The molecule has 0 aliphatic carbocycles. The highest BCUT2D eigenvalue weighted by Gasteiger charge is 2.63. The maximum Gasteiger partial charge on any atom is 0.471 e. The van der Waals surface area contributed by atoms with Gasteiger partial charge in [-0.2, -0.15) is 0 Å². The van der Waals surface area contributed by atoms with Gasteiger partial charge in [0.15, 0.2) is 6.10 Å². The zero-order chi connectivity index (χ0) is 27.0. The van der Waals surface area contributed by atoms with Crippen molar-refractivity contribution in [2.75, 3.05) is 6.61 Å². The lowest BCUT2D eigenvalue weighted by Gasteiger charge is -2.51. The molecule has 0 bridgehead atoms. The van der Waals surface area contributed by atoms with Crippen LogP contribution in [0.15, 0.2) is 12.4 Å². The molecule has 14 heteroatoms. The number of nitrogens with zero attached hydrogens (tertiary/aromatic N) is 3. The van der Waals surface area contributed by atoms with Crippen molar-refractivity contribution in [3.05, 3.63) is 22.5 Å². The van der Waals surface area contributed by atoms with Crippen molar-refractivity contribution in [2.45, 2.75) is 109 Å². The average molecular weight is 546 g/mol. The van der Waals surface area contributed by atoms with Crippen molar-refractivity contribution in [1.29, 1.82) is 0 Å². The van der Waals surface area contributed by atoms with Crippen LogP contribution in [0.5, 0.6) is 0 Å². The van der Waals surface area contributed by atoms with Gasteiger partial charge in [0.1, 0.15) is 24.6 Å². The molecule has 0 N–H and O–H groups in total. The van der Waals surface area contributed by atoms with E-state index >= 15 is 0 Å². The van der Waals surface area contributed by atoms with Crippen LogP contribution in [0.4, 0.5) is 5.95 Å². The number of carbonyl (C=O) groups excluding carboxylic acids is 1. The van der Waals surface area contributed by atoms with Crippen LogP contribution in [0, 0.1) is 10.1 Å². The number of hydrogen-bond acceptors (Lipinski definition) is 10. The van der Waals surface area contributed by atoms with Crippen LogP contribution in [0.1, 0.15) is 62.3 Å². The Bertz CT molecular complexity index is 924. The summed E-state index contributed by atoms with van der Waals surface area (Å²) in [5.74, 6) is -1.08. The average Bonchev–Trinajstić information content (AvgIpc) is 3.33. The van der Waals surface area contributed by atoms with Gasteiger partial charge in [-0.15, -0.1) is 0 Å². The van der Waals surface area contributed by atoms with E-state index in [-0.39, 0.29) is 28.8 Å². The third kappa shape index (κ3) is 5.24. The number of aromatic nitrogens is 2. The zero-order valence-electron chi connectivity index (χ0n) is 22.5. The maximum atomic E-state index is 12.1. The van der Waals surface area contributed by atoms with Crippen molar-refractivity contribution in [2.24, 2.45) is 0 Å². The summed E-state index contributed by atoms with van der Waals surface area (Å²) in [4.78, 5) is 32.3. The first-order valence-corrected chi connectivity index (χ1v) is 16.4. The molecule has 0 aromatic carbocycles. The summed E-state index contributed by atoms with van der Waals surface area (Å²) in [6.45, 7) is 18.2. The van der Waals surface area contributed by atoms with Crippen LogP contribution in [-0.4, -0.2) is 68.9 Å². The van der Waals surface area contributed by atoms with E-state index in [1.807, 2.05) is 0 Å². The van der Waals surface area contributed by atoms with Crippen LogP contribution in [0.2, 0.25) is 22.2 Å². The van der Waals surface area contributed by atoms with Crippen molar-refractivity contribution >= 4 is 29.0 Å². The summed E-state index contributed by atoms with van der Waals surface area (Å²) in [7, 11) is -5.81. The lowest BCUT2D eigenvalue weighted by atomic mass is 10.1. The molecule has 3 rings (SSSR count). The molecule has 3 heterocycles. The molecule has 0 spiro atoms. The molecule has 1 aromatic rings. The van der Waals surface area contributed by atoms with E-state index in [0.29, 0.717) is 0 Å². The van der Waals surface area contributed by atoms with Gasteiger partial charge in [-0.05, 0) is 31.8 Å². The van der Waals surface area contributed by atoms with Crippen LogP contribution in [-0.2, 0) is 27.2 Å². The van der Waals surface area contributed by atoms with Gasteiger partial charge in [0.2, 0.25) is 0 Å². The molecule has 2 aliphatic rings. The molecular weight excluding hydrogens is 506 g/mol. The van der Waals surface area contributed by atoms with Gasteiger partial charge in [-0.3, -0.25) is 4.79 Å². The summed E-state index contributed by atoms with van der Waals surface area (Å²) in [5.41, 5.74) is 0.399. The molecule has 0 radical (unpaired) electrons. The smallest absolute Gasteiger partial charge is 0.453 e. The van der Waals surface area contributed by atoms with Gasteiger partial charge >= 0.3 is 29.0 Å². The maximum absolute atomic E-state index is 12.1. The summed E-state index contributed by atoms with van der Waals surface area (Å²) >= 11 is 0. The quantitative estimate of drug-likeness (QED) is 0.205. The van der Waals surface area contributed by atoms with E-state index in [2.05, 4.69) is 60.4 Å². The number of ether oxygens (including phenoxy) is 2. The summed E-state index contributed by atoms with van der Waals surface area (Å²) in [5, 5.41) is 11.4. The van der Waals surface area contributed by atoms with Gasteiger partial charge in [-0.25, -0.2) is 0 Å². The molecule has 4 atom stereocenters. The molecule has 12 nitrogen and oxygen atoms in total. The molecule has 204 valence electrons. The summed E-state index contributed by atoms with van der Waals surface area (Å²) < 4.78 is 33.5. The Morgan fingerprint density at radius 1 is 1.11 bits per heavy atom. The lowest BCUT2D eigenvalue weighted by molar-refractivity contribution is -0.404. The standard InChI is InChI=1S/C22H39N3O9Si2/c1-13(2)35(14(3)4)29-12-18-19(33-36(34-35,15(5)6)16(7)8)20(30-17(9)26)21(31-18)32-24-11-10-23-22(24)25(27)28/h10-11,13-16,18-21H,12H2,1-9H3/t18-,19-,20+,21+/m1/s1. The van der Waals surface area contributed by atoms with Crippen molar-refractivity contribution in [1.82, 2.24) is 9.71 Å². The Morgan fingerprint density at radius 3 is 2.19 bits per heavy atom. The van der Waals surface area contributed by atoms with E-state index in [4.69, 9.17) is 27.3 Å². The second-order valence-electron chi connectivity index (χ2n) is 10.6. The highest BCUT2D eigenvalue weighted by molar-refractivity contribution is 6.84. The number of carbonyl (C=O) groups is 1. The Labute approximate surface area is 214 Å². The minimum absolute atomic E-state index is 0.0527. The van der Waals surface area contributed by atoms with Gasteiger partial charge in [-0.1, -0.05) is 60.4 Å². The minimum atomic E-state index is -3.01. The number of esters is 1. The first-order chi connectivity index (χ1) is 16.7. The largest absolute Gasteiger partial charge is 0.471 e. The van der Waals surface area contributed by atoms with E-state index in [0.717, 1.165) is 4.73 Å². The van der Waals surface area contributed by atoms with Crippen molar-refractivity contribution in [3.8, 4) is 0 Å². The molecule has 2 aliphatic heterocycles. The third-order valence-electron chi connectivity index (χ3n) is 6.87. The Kier molecular flexibility index (Phi) is 8.67. The predicted octanol–water partition coefficient (Wildman–Crippen LogP) is 3.83. The van der Waals surface area contributed by atoms with E-state index in [9.17, 15) is 14.9 Å². The van der Waals surface area contributed by atoms with Gasteiger partial charge in [0, 0.05) is 6.92 Å². The van der Waals surface area contributed by atoms with Crippen LogP contribution < -0.4 is 4.84 Å². The van der Waals surface area contributed by atoms with Crippen molar-refractivity contribution < 1.29 is 37.0 Å². The molecule has 36 heavy (non-hydrogen) atoms. The number of nitro groups is 1. The van der Waals surface area contributed by atoms with E-state index in [1.165, 1.54) is 19.3 Å². The fourth-order valence-corrected chi connectivity index (χ4v) is 16.3. The SMILES string of the molecule is CC(=O)O[C@@H]1[C@H](On2ccnc2[N+](=O)[O-])O[C@@H]2CO[Si](C(C)C)(C(C)C)O[Si](C(C)C)(C(C)C)O[C@@H]12. The van der Waals surface area contributed by atoms with Gasteiger partial charge in [0.05, 0.1) is 6.61 Å². The number of imidazole rings is 1. The monoisotopic (exact) mass is 545 g/mol. The molecule has 0 amide bonds. The predicted molar refractivity (Wildman–Crippen MR) is 133 cm³/mol. The van der Waals surface area contributed by atoms with E-state index < -0.39 is 58.6 Å². The zero-order valence-corrected chi connectivity index (χ0v) is 24.5. The fraction of sp³-hybridized carbons (Fsp3) is 0.818. The van der Waals surface area contributed by atoms with E-state index in [1.54, 1.807) is 0 Å².